The molecule has 3 aromatic carbocycles. The smallest absolute Gasteiger partial charge is 0.249 e. The summed E-state index contributed by atoms with van der Waals surface area (Å²) in [6, 6.07) is 19.5. The summed E-state index contributed by atoms with van der Waals surface area (Å²) in [6.45, 7) is 10.0. The second kappa shape index (κ2) is 12.2. The first kappa shape index (κ1) is 28.6. The number of fused-ring (bicyclic) bond motifs is 1. The molecule has 210 valence electrons. The first-order valence-electron chi connectivity index (χ1n) is 13.5. The van der Waals surface area contributed by atoms with Gasteiger partial charge in [0.05, 0.1) is 19.2 Å². The molecule has 40 heavy (non-hydrogen) atoms. The topological polar surface area (TPSA) is 98.6 Å². The van der Waals surface area contributed by atoms with E-state index in [2.05, 4.69) is 15.6 Å². The van der Waals surface area contributed by atoms with Gasteiger partial charge in [0, 0.05) is 11.2 Å². The van der Waals surface area contributed by atoms with Crippen LogP contribution in [-0.4, -0.2) is 46.1 Å². The van der Waals surface area contributed by atoms with Crippen LogP contribution in [0.25, 0.3) is 11.0 Å². The molecule has 0 saturated carbocycles. The summed E-state index contributed by atoms with van der Waals surface area (Å²) >= 11 is 0. The quantitative estimate of drug-likeness (QED) is 0.299. The van der Waals surface area contributed by atoms with Gasteiger partial charge in [-0.05, 0) is 75.6 Å². The number of methoxy groups -OCH3 is 1. The fourth-order valence-corrected chi connectivity index (χ4v) is 4.69. The number of amides is 2. The van der Waals surface area contributed by atoms with E-state index >= 15 is 0 Å². The van der Waals surface area contributed by atoms with Gasteiger partial charge in [-0.25, -0.2) is 4.68 Å². The van der Waals surface area contributed by atoms with Crippen LogP contribution in [0.5, 0.6) is 11.5 Å². The molecule has 0 fully saturated rings. The van der Waals surface area contributed by atoms with Gasteiger partial charge in [0.15, 0.2) is 11.5 Å². The van der Waals surface area contributed by atoms with Crippen LogP contribution in [-0.2, 0) is 22.6 Å². The molecule has 0 spiro atoms. The molecule has 0 aliphatic rings. The Morgan fingerprint density at radius 3 is 2.42 bits per heavy atom. The Morgan fingerprint density at radius 2 is 1.73 bits per heavy atom. The highest BCUT2D eigenvalue weighted by Crippen LogP contribution is 2.36. The van der Waals surface area contributed by atoms with Crippen molar-refractivity contribution in [1.82, 2.24) is 20.3 Å². The van der Waals surface area contributed by atoms with Crippen LogP contribution >= 0.6 is 0 Å². The summed E-state index contributed by atoms with van der Waals surface area (Å²) in [6.07, 6.45) is 0.673. The number of aryl methyl sites for hydroxylation is 1. The van der Waals surface area contributed by atoms with E-state index in [1.807, 2.05) is 83.1 Å². The van der Waals surface area contributed by atoms with E-state index in [1.165, 1.54) is 0 Å². The first-order valence-corrected chi connectivity index (χ1v) is 13.5. The molecule has 4 rings (SSSR count). The largest absolute Gasteiger partial charge is 0.493 e. The lowest BCUT2D eigenvalue weighted by Crippen LogP contribution is -2.50. The Labute approximate surface area is 235 Å². The number of nitrogens with zero attached hydrogens (tertiary/aromatic N) is 4. The maximum Gasteiger partial charge on any atom is 0.249 e. The molecular weight excluding hydrogens is 506 g/mol. The maximum absolute atomic E-state index is 14.3. The monoisotopic (exact) mass is 543 g/mol. The van der Waals surface area contributed by atoms with Gasteiger partial charge in [-0.1, -0.05) is 48.5 Å². The van der Waals surface area contributed by atoms with Crippen molar-refractivity contribution in [2.45, 2.75) is 59.2 Å². The number of aromatic nitrogens is 3. The van der Waals surface area contributed by atoms with E-state index in [0.29, 0.717) is 41.3 Å². The van der Waals surface area contributed by atoms with Crippen LogP contribution in [0.3, 0.4) is 0 Å². The Hall–Kier alpha value is -4.40. The standard InChI is InChI=1S/C31H37N5O4/c1-7-21-13-9-11-15-24(21)36(28(37)20-35-25-16-12-10-14-23(25)33-34-35)29(30(38)32-31(3,4)5)22-17-18-26(40-8-2)27(19-22)39-6/h9-19,29H,7-8,20H2,1-6H3,(H,32,38)/t29-/m1/s1. The third-order valence-corrected chi connectivity index (χ3v) is 6.41. The van der Waals surface area contributed by atoms with Crippen molar-refractivity contribution in [3.05, 3.63) is 77.9 Å². The van der Waals surface area contributed by atoms with Gasteiger partial charge in [-0.15, -0.1) is 5.10 Å². The molecule has 0 saturated heterocycles. The Kier molecular flexibility index (Phi) is 8.72. The molecule has 0 bridgehead atoms. The molecule has 0 radical (unpaired) electrons. The lowest BCUT2D eigenvalue weighted by Gasteiger charge is -2.35. The molecule has 0 aliphatic heterocycles. The van der Waals surface area contributed by atoms with Crippen LogP contribution in [0, 0.1) is 0 Å². The minimum Gasteiger partial charge on any atom is -0.493 e. The SMILES string of the molecule is CCOc1ccc([C@H](C(=O)NC(C)(C)C)N(C(=O)Cn2nnc3ccccc32)c2ccccc2CC)cc1OC. The van der Waals surface area contributed by atoms with E-state index in [9.17, 15) is 9.59 Å². The summed E-state index contributed by atoms with van der Waals surface area (Å²) in [5.74, 6) is 0.413. The molecule has 4 aromatic rings. The molecule has 0 unspecified atom stereocenters. The summed E-state index contributed by atoms with van der Waals surface area (Å²) in [5.41, 5.74) is 3.06. The summed E-state index contributed by atoms with van der Waals surface area (Å²) in [7, 11) is 1.55. The van der Waals surface area contributed by atoms with E-state index in [0.717, 1.165) is 11.1 Å². The Morgan fingerprint density at radius 1 is 1.00 bits per heavy atom. The lowest BCUT2D eigenvalue weighted by atomic mass is 9.98. The molecule has 9 heteroatoms. The van der Waals surface area contributed by atoms with Crippen molar-refractivity contribution in [3.8, 4) is 11.5 Å². The van der Waals surface area contributed by atoms with Gasteiger partial charge in [-0.3, -0.25) is 14.5 Å². The van der Waals surface area contributed by atoms with Crippen LogP contribution < -0.4 is 19.7 Å². The van der Waals surface area contributed by atoms with E-state index in [1.54, 1.807) is 34.9 Å². The Balaban J connectivity index is 1.89. The molecular formula is C31H37N5O4. The summed E-state index contributed by atoms with van der Waals surface area (Å²) < 4.78 is 12.9. The van der Waals surface area contributed by atoms with Crippen molar-refractivity contribution >= 4 is 28.5 Å². The van der Waals surface area contributed by atoms with Crippen molar-refractivity contribution in [3.63, 3.8) is 0 Å². The number of anilines is 1. The fraction of sp³-hybridized carbons (Fsp3) is 0.355. The third kappa shape index (κ3) is 6.25. The molecule has 1 atom stereocenters. The molecule has 0 aliphatic carbocycles. The van der Waals surface area contributed by atoms with Crippen molar-refractivity contribution in [1.29, 1.82) is 0 Å². The van der Waals surface area contributed by atoms with Crippen molar-refractivity contribution in [2.75, 3.05) is 18.6 Å². The van der Waals surface area contributed by atoms with E-state index < -0.39 is 11.6 Å². The minimum atomic E-state index is -1.00. The highest BCUT2D eigenvalue weighted by atomic mass is 16.5. The number of rotatable bonds is 10. The number of hydrogen-bond donors (Lipinski definition) is 1. The lowest BCUT2D eigenvalue weighted by molar-refractivity contribution is -0.128. The normalized spacial score (nSPS) is 12.2. The summed E-state index contributed by atoms with van der Waals surface area (Å²) in [4.78, 5) is 30.0. The number of benzene rings is 3. The number of hydrogen-bond acceptors (Lipinski definition) is 6. The van der Waals surface area contributed by atoms with E-state index in [-0.39, 0.29) is 18.4 Å². The second-order valence-electron chi connectivity index (χ2n) is 10.5. The van der Waals surface area contributed by atoms with Gasteiger partial charge in [-0.2, -0.15) is 0 Å². The first-order chi connectivity index (χ1) is 19.2. The van der Waals surface area contributed by atoms with Gasteiger partial charge < -0.3 is 14.8 Å². The number of ether oxygens (including phenoxy) is 2. The van der Waals surface area contributed by atoms with Gasteiger partial charge in [0.2, 0.25) is 11.8 Å². The van der Waals surface area contributed by atoms with Crippen LogP contribution in [0.1, 0.15) is 51.8 Å². The van der Waals surface area contributed by atoms with Crippen molar-refractivity contribution in [2.24, 2.45) is 0 Å². The zero-order valence-corrected chi connectivity index (χ0v) is 24.0. The van der Waals surface area contributed by atoms with Crippen LogP contribution in [0.15, 0.2) is 66.7 Å². The Bertz CT molecular complexity index is 1490. The molecule has 2 amide bonds. The van der Waals surface area contributed by atoms with Crippen molar-refractivity contribution < 1.29 is 19.1 Å². The highest BCUT2D eigenvalue weighted by Gasteiger charge is 2.36. The number of para-hydroxylation sites is 2. The average Bonchev–Trinajstić information content (AvgIpc) is 3.33. The molecule has 1 heterocycles. The van der Waals surface area contributed by atoms with Gasteiger partial charge >= 0.3 is 0 Å². The minimum absolute atomic E-state index is 0.105. The molecule has 9 nitrogen and oxygen atoms in total. The maximum atomic E-state index is 14.3. The fourth-order valence-electron chi connectivity index (χ4n) is 4.69. The predicted molar refractivity (Wildman–Crippen MR) is 156 cm³/mol. The highest BCUT2D eigenvalue weighted by molar-refractivity contribution is 6.02. The predicted octanol–water partition coefficient (Wildman–Crippen LogP) is 5.09. The zero-order chi connectivity index (χ0) is 28.9. The molecule has 1 aromatic heterocycles. The van der Waals surface area contributed by atoms with Gasteiger partial charge in [0.1, 0.15) is 18.1 Å². The zero-order valence-electron chi connectivity index (χ0n) is 24.0. The number of nitrogens with one attached hydrogen (secondary N) is 1. The van der Waals surface area contributed by atoms with Crippen LogP contribution in [0.4, 0.5) is 5.69 Å². The van der Waals surface area contributed by atoms with Crippen LogP contribution in [0.2, 0.25) is 0 Å². The molecule has 1 N–H and O–H groups in total. The number of carbonyl (C=O) groups excluding carboxylic acids is 2. The third-order valence-electron chi connectivity index (χ3n) is 6.41. The second-order valence-corrected chi connectivity index (χ2v) is 10.5. The average molecular weight is 544 g/mol. The summed E-state index contributed by atoms with van der Waals surface area (Å²) in [5, 5.41) is 11.5. The number of carbonyl (C=O) groups is 2. The van der Waals surface area contributed by atoms with Gasteiger partial charge in [0.25, 0.3) is 0 Å². The van der Waals surface area contributed by atoms with E-state index in [4.69, 9.17) is 9.47 Å².